The van der Waals surface area contributed by atoms with E-state index in [0.717, 1.165) is 76.1 Å². The van der Waals surface area contributed by atoms with Crippen LogP contribution in [0.15, 0.2) is 24.3 Å². The minimum Gasteiger partial charge on any atom is -0.336 e. The molecule has 0 radical (unpaired) electrons. The Morgan fingerprint density at radius 3 is 2.87 bits per heavy atom. The summed E-state index contributed by atoms with van der Waals surface area (Å²) in [5, 5.41) is 8.34. The number of amides is 1. The van der Waals surface area contributed by atoms with Crippen molar-refractivity contribution in [1.29, 1.82) is 0 Å². The molecule has 168 valence electrons. The summed E-state index contributed by atoms with van der Waals surface area (Å²) in [6, 6.07) is 7.25. The fraction of sp³-hybridized carbons (Fsp3) is 0.583. The molecule has 0 bridgehead atoms. The smallest absolute Gasteiger partial charge is 0.274 e. The van der Waals surface area contributed by atoms with Crippen molar-refractivity contribution >= 4 is 5.91 Å². The topological polar surface area (TPSA) is 53.4 Å². The van der Waals surface area contributed by atoms with E-state index in [-0.39, 0.29) is 17.8 Å². The normalized spacial score (nSPS) is 19.8. The van der Waals surface area contributed by atoms with Gasteiger partial charge in [-0.15, -0.1) is 0 Å². The first-order chi connectivity index (χ1) is 15.1. The van der Waals surface area contributed by atoms with Crippen LogP contribution in [0.5, 0.6) is 0 Å². The van der Waals surface area contributed by atoms with Gasteiger partial charge in [0.1, 0.15) is 5.82 Å². The maximum atomic E-state index is 13.9. The SMILES string of the molecule is CCn1nc(C(=O)N2CCCN(C)CC2)c2c1CCC(NCCc1ccccc1F)C2. The van der Waals surface area contributed by atoms with Crippen LogP contribution >= 0.6 is 0 Å². The molecule has 1 unspecified atom stereocenters. The predicted octanol–water partition coefficient (Wildman–Crippen LogP) is 2.51. The molecule has 0 saturated carbocycles. The van der Waals surface area contributed by atoms with Gasteiger partial charge in [-0.05, 0) is 70.8 Å². The summed E-state index contributed by atoms with van der Waals surface area (Å²) in [6.07, 6.45) is 4.40. The summed E-state index contributed by atoms with van der Waals surface area (Å²) in [5.41, 5.74) is 3.71. The Bertz CT molecular complexity index is 911. The van der Waals surface area contributed by atoms with Crippen molar-refractivity contribution in [1.82, 2.24) is 24.9 Å². The summed E-state index contributed by atoms with van der Waals surface area (Å²) >= 11 is 0. The highest BCUT2D eigenvalue weighted by molar-refractivity contribution is 5.94. The lowest BCUT2D eigenvalue weighted by Gasteiger charge is -2.25. The number of hydrogen-bond acceptors (Lipinski definition) is 4. The molecule has 1 fully saturated rings. The van der Waals surface area contributed by atoms with E-state index in [0.29, 0.717) is 12.1 Å². The van der Waals surface area contributed by atoms with E-state index < -0.39 is 0 Å². The van der Waals surface area contributed by atoms with Crippen LogP contribution in [-0.4, -0.2) is 71.3 Å². The molecule has 7 heteroatoms. The molecule has 2 aromatic rings. The molecular weight excluding hydrogens is 393 g/mol. The van der Waals surface area contributed by atoms with Gasteiger partial charge in [-0.2, -0.15) is 5.10 Å². The third-order valence-corrected chi connectivity index (χ3v) is 6.64. The van der Waals surface area contributed by atoms with Crippen LogP contribution < -0.4 is 5.32 Å². The number of likely N-dealkylation sites (N-methyl/N-ethyl adjacent to an activating group) is 1. The molecule has 1 aliphatic heterocycles. The molecule has 1 aromatic carbocycles. The van der Waals surface area contributed by atoms with Gasteiger partial charge >= 0.3 is 0 Å². The van der Waals surface area contributed by atoms with Crippen LogP contribution in [0.3, 0.4) is 0 Å². The summed E-state index contributed by atoms with van der Waals surface area (Å²) in [5.74, 6) is -0.0683. The van der Waals surface area contributed by atoms with Crippen molar-refractivity contribution in [3.8, 4) is 0 Å². The number of carbonyl (C=O) groups is 1. The summed E-state index contributed by atoms with van der Waals surface area (Å²) in [7, 11) is 2.11. The van der Waals surface area contributed by atoms with Crippen molar-refractivity contribution in [3.63, 3.8) is 0 Å². The van der Waals surface area contributed by atoms with Gasteiger partial charge < -0.3 is 15.1 Å². The summed E-state index contributed by atoms with van der Waals surface area (Å²) in [6.45, 7) is 7.08. The van der Waals surface area contributed by atoms with Crippen LogP contribution in [0.25, 0.3) is 0 Å². The van der Waals surface area contributed by atoms with Crippen LogP contribution in [-0.2, 0) is 25.8 Å². The molecular formula is C24H34FN5O. The van der Waals surface area contributed by atoms with Crippen LogP contribution in [0, 0.1) is 5.82 Å². The number of benzene rings is 1. The lowest BCUT2D eigenvalue weighted by atomic mass is 9.91. The molecule has 0 spiro atoms. The van der Waals surface area contributed by atoms with Crippen molar-refractivity contribution in [2.75, 3.05) is 39.8 Å². The van der Waals surface area contributed by atoms with E-state index in [1.54, 1.807) is 6.07 Å². The van der Waals surface area contributed by atoms with Crippen molar-refractivity contribution in [3.05, 3.63) is 52.6 Å². The number of fused-ring (bicyclic) bond motifs is 1. The van der Waals surface area contributed by atoms with Gasteiger partial charge in [0.25, 0.3) is 5.91 Å². The number of hydrogen-bond donors (Lipinski definition) is 1. The fourth-order valence-electron chi connectivity index (χ4n) is 4.81. The molecule has 1 aliphatic carbocycles. The van der Waals surface area contributed by atoms with E-state index in [1.165, 1.54) is 11.8 Å². The molecule has 31 heavy (non-hydrogen) atoms. The Balaban J connectivity index is 1.44. The zero-order chi connectivity index (χ0) is 21.8. The highest BCUT2D eigenvalue weighted by Gasteiger charge is 2.31. The average Bonchev–Trinajstić information content (AvgIpc) is 3.00. The van der Waals surface area contributed by atoms with E-state index in [4.69, 9.17) is 5.10 Å². The standard InChI is InChI=1S/C24H34FN5O/c1-3-30-22-10-9-19(26-12-11-18-7-4-5-8-21(18)25)17-20(22)23(27-30)24(31)29-14-6-13-28(2)15-16-29/h4-5,7-8,19,26H,3,6,9-17H2,1-2H3. The maximum absolute atomic E-state index is 13.9. The first kappa shape index (κ1) is 22.0. The van der Waals surface area contributed by atoms with Gasteiger partial charge in [0, 0.05) is 43.5 Å². The zero-order valence-corrected chi connectivity index (χ0v) is 18.7. The Hall–Kier alpha value is -2.25. The molecule has 2 heterocycles. The molecule has 4 rings (SSSR count). The second-order valence-corrected chi connectivity index (χ2v) is 8.77. The van der Waals surface area contributed by atoms with Gasteiger partial charge in [-0.3, -0.25) is 9.48 Å². The van der Waals surface area contributed by atoms with Gasteiger partial charge in [0.15, 0.2) is 5.69 Å². The summed E-state index contributed by atoms with van der Waals surface area (Å²) < 4.78 is 15.9. The highest BCUT2D eigenvalue weighted by atomic mass is 19.1. The number of nitrogens with one attached hydrogen (secondary N) is 1. The lowest BCUT2D eigenvalue weighted by molar-refractivity contribution is 0.0754. The molecule has 6 nitrogen and oxygen atoms in total. The number of aryl methyl sites for hydroxylation is 1. The van der Waals surface area contributed by atoms with Crippen molar-refractivity contribution in [2.45, 2.75) is 51.6 Å². The third kappa shape index (κ3) is 4.99. The summed E-state index contributed by atoms with van der Waals surface area (Å²) in [4.78, 5) is 17.6. The number of rotatable bonds is 6. The zero-order valence-electron chi connectivity index (χ0n) is 18.7. The number of aromatic nitrogens is 2. The molecule has 1 aromatic heterocycles. The monoisotopic (exact) mass is 427 g/mol. The van der Waals surface area contributed by atoms with Crippen LogP contribution in [0.4, 0.5) is 4.39 Å². The highest BCUT2D eigenvalue weighted by Crippen LogP contribution is 2.26. The lowest BCUT2D eigenvalue weighted by Crippen LogP contribution is -2.38. The fourth-order valence-corrected chi connectivity index (χ4v) is 4.81. The second kappa shape index (κ2) is 9.92. The number of halogens is 1. The molecule has 2 aliphatic rings. The van der Waals surface area contributed by atoms with Gasteiger partial charge in [-0.1, -0.05) is 18.2 Å². The Morgan fingerprint density at radius 1 is 1.23 bits per heavy atom. The van der Waals surface area contributed by atoms with Crippen molar-refractivity contribution in [2.24, 2.45) is 0 Å². The molecule has 1 amide bonds. The third-order valence-electron chi connectivity index (χ3n) is 6.64. The maximum Gasteiger partial charge on any atom is 0.274 e. The van der Waals surface area contributed by atoms with Gasteiger partial charge in [-0.25, -0.2) is 4.39 Å². The van der Waals surface area contributed by atoms with Gasteiger partial charge in [0.05, 0.1) is 0 Å². The molecule has 1 saturated heterocycles. The number of nitrogens with zero attached hydrogens (tertiary/aromatic N) is 4. The molecule has 1 N–H and O–H groups in total. The Morgan fingerprint density at radius 2 is 2.06 bits per heavy atom. The second-order valence-electron chi connectivity index (χ2n) is 8.77. The van der Waals surface area contributed by atoms with E-state index >= 15 is 0 Å². The number of carbonyl (C=O) groups excluding carboxylic acids is 1. The van der Waals surface area contributed by atoms with E-state index in [9.17, 15) is 9.18 Å². The Kier molecular flexibility index (Phi) is 7.02. The minimum absolute atomic E-state index is 0.0748. The first-order valence-electron chi connectivity index (χ1n) is 11.6. The first-order valence-corrected chi connectivity index (χ1v) is 11.6. The van der Waals surface area contributed by atoms with Crippen LogP contribution in [0.2, 0.25) is 0 Å². The predicted molar refractivity (Wildman–Crippen MR) is 120 cm³/mol. The van der Waals surface area contributed by atoms with Crippen molar-refractivity contribution < 1.29 is 9.18 Å². The Labute approximate surface area is 184 Å². The minimum atomic E-state index is -0.143. The quantitative estimate of drug-likeness (QED) is 0.770. The van der Waals surface area contributed by atoms with E-state index in [2.05, 4.69) is 24.2 Å². The molecule has 1 atom stereocenters. The van der Waals surface area contributed by atoms with Gasteiger partial charge in [0.2, 0.25) is 0 Å². The average molecular weight is 428 g/mol. The largest absolute Gasteiger partial charge is 0.336 e. The van der Waals surface area contributed by atoms with E-state index in [1.807, 2.05) is 21.7 Å². The van der Waals surface area contributed by atoms with Crippen LogP contribution in [0.1, 0.15) is 47.1 Å².